The van der Waals surface area contributed by atoms with Gasteiger partial charge in [0.15, 0.2) is 0 Å². The molecule has 2 rings (SSSR count). The van der Waals surface area contributed by atoms with E-state index in [9.17, 15) is 4.79 Å². The number of carbonyl (C=O) groups is 1. The minimum atomic E-state index is -0.240. The van der Waals surface area contributed by atoms with Gasteiger partial charge in [-0.3, -0.25) is 4.98 Å². The van der Waals surface area contributed by atoms with Gasteiger partial charge in [-0.25, -0.2) is 4.79 Å². The molecule has 0 radical (unpaired) electrons. The van der Waals surface area contributed by atoms with Crippen molar-refractivity contribution in [2.45, 2.75) is 25.9 Å². The van der Waals surface area contributed by atoms with E-state index in [1.54, 1.807) is 13.3 Å². The molecule has 6 heteroatoms. The number of amides is 2. The Hall–Kier alpha value is -2.11. The molecule has 0 bridgehead atoms. The molecule has 0 aliphatic heterocycles. The molecule has 1 atom stereocenters. The van der Waals surface area contributed by atoms with Gasteiger partial charge in [0.2, 0.25) is 0 Å². The summed E-state index contributed by atoms with van der Waals surface area (Å²) in [5.74, 6) is 0. The van der Waals surface area contributed by atoms with Crippen molar-refractivity contribution in [1.29, 1.82) is 0 Å². The topological polar surface area (TPSA) is 63.2 Å². The van der Waals surface area contributed by atoms with Crippen molar-refractivity contribution in [2.24, 2.45) is 0 Å². The summed E-state index contributed by atoms with van der Waals surface area (Å²) in [7, 11) is 1.64. The third kappa shape index (κ3) is 5.51. The van der Waals surface area contributed by atoms with Crippen LogP contribution in [-0.2, 0) is 11.3 Å². The summed E-state index contributed by atoms with van der Waals surface area (Å²) in [5, 5.41) is 6.49. The second kappa shape index (κ2) is 9.25. The summed E-state index contributed by atoms with van der Waals surface area (Å²) in [6, 6.07) is 10.9. The molecule has 1 heterocycles. The van der Waals surface area contributed by atoms with E-state index in [1.165, 1.54) is 0 Å². The highest BCUT2D eigenvalue weighted by Crippen LogP contribution is 2.19. The quantitative estimate of drug-likeness (QED) is 0.804. The first-order chi connectivity index (χ1) is 11.6. The van der Waals surface area contributed by atoms with Crippen LogP contribution >= 0.6 is 11.6 Å². The normalized spacial score (nSPS) is 11.8. The minimum absolute atomic E-state index is 0.146. The van der Waals surface area contributed by atoms with Crippen LogP contribution in [0.1, 0.15) is 29.3 Å². The van der Waals surface area contributed by atoms with Crippen molar-refractivity contribution in [1.82, 2.24) is 15.6 Å². The number of ether oxygens (including phenoxy) is 1. The van der Waals surface area contributed by atoms with Crippen LogP contribution in [0.5, 0.6) is 0 Å². The van der Waals surface area contributed by atoms with E-state index < -0.39 is 0 Å². The second-order valence-corrected chi connectivity index (χ2v) is 5.92. The Labute approximate surface area is 147 Å². The van der Waals surface area contributed by atoms with Gasteiger partial charge in [-0.15, -0.1) is 0 Å². The Kier molecular flexibility index (Phi) is 7.03. The summed E-state index contributed by atoms with van der Waals surface area (Å²) in [6.45, 7) is 2.90. The van der Waals surface area contributed by atoms with Gasteiger partial charge in [-0.05, 0) is 42.7 Å². The molecule has 128 valence electrons. The van der Waals surface area contributed by atoms with Crippen LogP contribution in [-0.4, -0.2) is 24.7 Å². The lowest BCUT2D eigenvalue weighted by molar-refractivity contribution is 0.181. The Morgan fingerprint density at radius 2 is 2.04 bits per heavy atom. The maximum absolute atomic E-state index is 12.2. The Morgan fingerprint density at radius 1 is 1.29 bits per heavy atom. The maximum Gasteiger partial charge on any atom is 0.315 e. The van der Waals surface area contributed by atoms with Gasteiger partial charge in [0.1, 0.15) is 0 Å². The van der Waals surface area contributed by atoms with Crippen LogP contribution in [0.15, 0.2) is 42.6 Å². The van der Waals surface area contributed by atoms with E-state index in [2.05, 4.69) is 15.6 Å². The number of halogens is 1. The first kappa shape index (κ1) is 18.2. The first-order valence-electron chi connectivity index (χ1n) is 7.79. The predicted octanol–water partition coefficient (Wildman–Crippen LogP) is 3.62. The number of methoxy groups -OCH3 is 1. The molecule has 0 aliphatic rings. The van der Waals surface area contributed by atoms with Crippen LogP contribution in [0, 0.1) is 6.92 Å². The van der Waals surface area contributed by atoms with Crippen molar-refractivity contribution in [2.75, 3.05) is 13.7 Å². The van der Waals surface area contributed by atoms with Crippen LogP contribution in [0.3, 0.4) is 0 Å². The smallest absolute Gasteiger partial charge is 0.315 e. The van der Waals surface area contributed by atoms with Gasteiger partial charge in [-0.1, -0.05) is 29.8 Å². The lowest BCUT2D eigenvalue weighted by Gasteiger charge is -2.19. The van der Waals surface area contributed by atoms with Gasteiger partial charge in [0.25, 0.3) is 0 Å². The van der Waals surface area contributed by atoms with Crippen LogP contribution in [0.4, 0.5) is 4.79 Å². The third-order valence-corrected chi connectivity index (χ3v) is 3.97. The largest absolute Gasteiger partial charge is 0.385 e. The second-order valence-electron chi connectivity index (χ2n) is 5.48. The van der Waals surface area contributed by atoms with Gasteiger partial charge in [0, 0.05) is 24.9 Å². The highest BCUT2D eigenvalue weighted by molar-refractivity contribution is 6.30. The zero-order chi connectivity index (χ0) is 17.4. The molecular weight excluding hydrogens is 326 g/mol. The number of urea groups is 1. The monoisotopic (exact) mass is 347 g/mol. The fourth-order valence-corrected chi connectivity index (χ4v) is 2.46. The molecule has 0 saturated heterocycles. The van der Waals surface area contributed by atoms with Crippen molar-refractivity contribution in [3.05, 3.63) is 64.4 Å². The first-order valence-corrected chi connectivity index (χ1v) is 8.17. The summed E-state index contributed by atoms with van der Waals surface area (Å²) in [4.78, 5) is 16.5. The number of hydrogen-bond acceptors (Lipinski definition) is 3. The number of pyridine rings is 1. The summed E-state index contributed by atoms with van der Waals surface area (Å²) in [6.07, 6.45) is 2.39. The lowest BCUT2D eigenvalue weighted by atomic mass is 10.0. The molecule has 24 heavy (non-hydrogen) atoms. The maximum atomic E-state index is 12.2. The molecule has 5 nitrogen and oxygen atoms in total. The SMILES string of the molecule is COCCC(NC(=O)NCc1ncccc1C)c1ccc(Cl)cc1. The van der Waals surface area contributed by atoms with Crippen LogP contribution in [0.25, 0.3) is 0 Å². The molecule has 0 spiro atoms. The average Bonchev–Trinajstić information content (AvgIpc) is 2.58. The molecule has 2 N–H and O–H groups in total. The van der Waals surface area contributed by atoms with Crippen molar-refractivity contribution < 1.29 is 9.53 Å². The number of rotatable bonds is 7. The molecule has 0 fully saturated rings. The molecule has 1 unspecified atom stereocenters. The Morgan fingerprint density at radius 3 is 2.71 bits per heavy atom. The molecule has 2 amide bonds. The van der Waals surface area contributed by atoms with Gasteiger partial charge < -0.3 is 15.4 Å². The fraction of sp³-hybridized carbons (Fsp3) is 0.333. The predicted molar refractivity (Wildman–Crippen MR) is 95.0 cm³/mol. The summed E-state index contributed by atoms with van der Waals surface area (Å²) in [5.41, 5.74) is 2.89. The molecule has 2 aromatic rings. The zero-order valence-corrected chi connectivity index (χ0v) is 14.6. The van der Waals surface area contributed by atoms with E-state index in [0.29, 0.717) is 24.6 Å². The number of aryl methyl sites for hydroxylation is 1. The summed E-state index contributed by atoms with van der Waals surface area (Å²) < 4.78 is 5.14. The zero-order valence-electron chi connectivity index (χ0n) is 13.9. The van der Waals surface area contributed by atoms with Gasteiger partial charge in [-0.2, -0.15) is 0 Å². The third-order valence-electron chi connectivity index (χ3n) is 3.72. The van der Waals surface area contributed by atoms with E-state index in [0.717, 1.165) is 16.8 Å². The minimum Gasteiger partial charge on any atom is -0.385 e. The molecular formula is C18H22ClN3O2. The van der Waals surface area contributed by atoms with Gasteiger partial charge in [0.05, 0.1) is 18.3 Å². The number of carbonyl (C=O) groups excluding carboxylic acids is 1. The Balaban J connectivity index is 1.96. The fourth-order valence-electron chi connectivity index (χ4n) is 2.33. The van der Waals surface area contributed by atoms with Crippen molar-refractivity contribution in [3.63, 3.8) is 0 Å². The van der Waals surface area contributed by atoms with Crippen molar-refractivity contribution in [3.8, 4) is 0 Å². The van der Waals surface area contributed by atoms with E-state index in [1.807, 2.05) is 43.3 Å². The molecule has 0 aliphatic carbocycles. The number of nitrogens with one attached hydrogen (secondary N) is 2. The number of aromatic nitrogens is 1. The highest BCUT2D eigenvalue weighted by Gasteiger charge is 2.14. The van der Waals surface area contributed by atoms with Crippen LogP contribution in [0.2, 0.25) is 5.02 Å². The number of benzene rings is 1. The van der Waals surface area contributed by atoms with E-state index in [-0.39, 0.29) is 12.1 Å². The lowest BCUT2D eigenvalue weighted by Crippen LogP contribution is -2.38. The Bertz CT molecular complexity index is 662. The summed E-state index contributed by atoms with van der Waals surface area (Å²) >= 11 is 5.93. The molecule has 1 aromatic carbocycles. The molecule has 0 saturated carbocycles. The van der Waals surface area contributed by atoms with Gasteiger partial charge >= 0.3 is 6.03 Å². The highest BCUT2D eigenvalue weighted by atomic mass is 35.5. The van der Waals surface area contributed by atoms with E-state index >= 15 is 0 Å². The van der Waals surface area contributed by atoms with Crippen molar-refractivity contribution >= 4 is 17.6 Å². The van der Waals surface area contributed by atoms with Crippen LogP contribution < -0.4 is 10.6 Å². The molecule has 1 aromatic heterocycles. The van der Waals surface area contributed by atoms with E-state index in [4.69, 9.17) is 16.3 Å². The number of nitrogens with zero attached hydrogens (tertiary/aromatic N) is 1. The average molecular weight is 348 g/mol. The standard InChI is InChI=1S/C18H22ClN3O2/c1-13-4-3-10-20-17(13)12-21-18(23)22-16(9-11-24-2)14-5-7-15(19)8-6-14/h3-8,10,16H,9,11-12H2,1-2H3,(H2,21,22,23). The number of hydrogen-bond donors (Lipinski definition) is 2.